The highest BCUT2D eigenvalue weighted by Gasteiger charge is 2.19. The van der Waals surface area contributed by atoms with Gasteiger partial charge in [0, 0.05) is 45.6 Å². The molecule has 0 aliphatic carbocycles. The first kappa shape index (κ1) is 34.1. The Morgan fingerprint density at radius 1 is 0.787 bits per heavy atom. The average molecular weight is 657 g/mol. The van der Waals surface area contributed by atoms with Crippen LogP contribution in [0.1, 0.15) is 22.8 Å². The summed E-state index contributed by atoms with van der Waals surface area (Å²) in [6, 6.07) is 24.1. The standard InChI is InChI=1S/C34H32N4O8S/c1-21(32(39)35-24-13-15-26(16-14-24)38(42)43)47-27-12-8-11-25(19-27)36-34(41)28(37-33(40)22-9-6-5-7-10-22)17-23-18-30(45-3)31(46-4)20-29(23)44-2/h5-21H,1-4H3,(H,35,39)(H,36,41)(H,37,40)/b28-17+. The van der Waals surface area contributed by atoms with Crippen LogP contribution in [-0.2, 0) is 9.59 Å². The summed E-state index contributed by atoms with van der Waals surface area (Å²) in [5.41, 5.74) is 1.49. The highest BCUT2D eigenvalue weighted by atomic mass is 32.2. The van der Waals surface area contributed by atoms with Crippen LogP contribution in [0.4, 0.5) is 17.1 Å². The quantitative estimate of drug-likeness (QED) is 0.0664. The monoisotopic (exact) mass is 656 g/mol. The number of nitro groups is 1. The molecular weight excluding hydrogens is 624 g/mol. The summed E-state index contributed by atoms with van der Waals surface area (Å²) in [6.07, 6.45) is 1.47. The Balaban J connectivity index is 1.55. The van der Waals surface area contributed by atoms with Gasteiger partial charge in [-0.25, -0.2) is 0 Å². The molecule has 1 atom stereocenters. The lowest BCUT2D eigenvalue weighted by atomic mass is 10.1. The fraction of sp³-hybridized carbons (Fsp3) is 0.147. The number of carbonyl (C=O) groups excluding carboxylic acids is 3. The first-order chi connectivity index (χ1) is 22.6. The number of benzene rings is 4. The third-order valence-electron chi connectivity index (χ3n) is 6.68. The Bertz CT molecular complexity index is 1800. The third-order valence-corrected chi connectivity index (χ3v) is 7.78. The van der Waals surface area contributed by atoms with Crippen molar-refractivity contribution in [3.05, 3.63) is 118 Å². The molecule has 4 aromatic carbocycles. The Morgan fingerprint density at radius 2 is 1.45 bits per heavy atom. The first-order valence-electron chi connectivity index (χ1n) is 14.1. The van der Waals surface area contributed by atoms with E-state index in [9.17, 15) is 24.5 Å². The van der Waals surface area contributed by atoms with Crippen LogP contribution < -0.4 is 30.2 Å². The topological polar surface area (TPSA) is 158 Å². The van der Waals surface area contributed by atoms with Crippen LogP contribution in [0.15, 0.2) is 102 Å². The number of nitrogens with one attached hydrogen (secondary N) is 3. The number of methoxy groups -OCH3 is 3. The van der Waals surface area contributed by atoms with Gasteiger partial charge in [0.05, 0.1) is 31.5 Å². The van der Waals surface area contributed by atoms with Crippen LogP contribution in [0.3, 0.4) is 0 Å². The zero-order chi connectivity index (χ0) is 33.9. The van der Waals surface area contributed by atoms with Crippen LogP contribution in [0.5, 0.6) is 17.2 Å². The number of hydrogen-bond donors (Lipinski definition) is 3. The fourth-order valence-electron chi connectivity index (χ4n) is 4.28. The number of non-ortho nitro benzene ring substituents is 1. The predicted octanol–water partition coefficient (Wildman–Crippen LogP) is 6.15. The number of thioether (sulfide) groups is 1. The van der Waals surface area contributed by atoms with Crippen LogP contribution >= 0.6 is 11.8 Å². The SMILES string of the molecule is COc1cc(OC)c(OC)cc1/C=C(/NC(=O)c1ccccc1)C(=O)Nc1cccc(SC(C)C(=O)Nc2ccc([N+](=O)[O-])cc2)c1. The van der Waals surface area contributed by atoms with Gasteiger partial charge in [-0.2, -0.15) is 0 Å². The third kappa shape index (κ3) is 9.11. The van der Waals surface area contributed by atoms with Crippen molar-refractivity contribution < 1.29 is 33.5 Å². The average Bonchev–Trinajstić information content (AvgIpc) is 3.08. The molecule has 0 saturated heterocycles. The van der Waals surface area contributed by atoms with Crippen molar-refractivity contribution in [1.29, 1.82) is 0 Å². The lowest BCUT2D eigenvalue weighted by Gasteiger charge is -2.15. The molecule has 242 valence electrons. The second kappa shape index (κ2) is 16.0. The Morgan fingerprint density at radius 3 is 2.09 bits per heavy atom. The van der Waals surface area contributed by atoms with Gasteiger partial charge < -0.3 is 30.2 Å². The molecule has 3 amide bonds. The summed E-state index contributed by atoms with van der Waals surface area (Å²) >= 11 is 1.25. The minimum atomic E-state index is -0.614. The molecule has 1 unspecified atom stereocenters. The summed E-state index contributed by atoms with van der Waals surface area (Å²) < 4.78 is 16.3. The fourth-order valence-corrected chi connectivity index (χ4v) is 5.20. The molecular formula is C34H32N4O8S. The summed E-state index contributed by atoms with van der Waals surface area (Å²) in [5.74, 6) is -0.228. The second-order valence-corrected chi connectivity index (χ2v) is 11.3. The van der Waals surface area contributed by atoms with E-state index < -0.39 is 22.0 Å². The summed E-state index contributed by atoms with van der Waals surface area (Å²) in [6.45, 7) is 1.72. The summed E-state index contributed by atoms with van der Waals surface area (Å²) in [5, 5.41) is 18.6. The molecule has 4 rings (SSSR count). The van der Waals surface area contributed by atoms with Gasteiger partial charge in [0.25, 0.3) is 17.5 Å². The van der Waals surface area contributed by atoms with Gasteiger partial charge in [-0.1, -0.05) is 24.3 Å². The predicted molar refractivity (Wildman–Crippen MR) is 180 cm³/mol. The van der Waals surface area contributed by atoms with E-state index in [0.29, 0.717) is 44.6 Å². The Labute approximate surface area is 275 Å². The van der Waals surface area contributed by atoms with E-state index in [2.05, 4.69) is 16.0 Å². The first-order valence-corrected chi connectivity index (χ1v) is 15.0. The van der Waals surface area contributed by atoms with Crippen LogP contribution in [-0.4, -0.2) is 49.2 Å². The van der Waals surface area contributed by atoms with E-state index in [0.717, 1.165) is 0 Å². The van der Waals surface area contributed by atoms with Crippen molar-refractivity contribution in [2.45, 2.75) is 17.1 Å². The number of nitrogens with zero attached hydrogens (tertiary/aromatic N) is 1. The number of ether oxygens (including phenoxy) is 3. The van der Waals surface area contributed by atoms with Gasteiger partial charge in [0.15, 0.2) is 11.5 Å². The molecule has 12 nitrogen and oxygen atoms in total. The number of carbonyl (C=O) groups is 3. The maximum absolute atomic E-state index is 13.7. The normalized spacial score (nSPS) is 11.5. The number of rotatable bonds is 13. The molecule has 0 aliphatic heterocycles. The van der Waals surface area contributed by atoms with E-state index in [1.807, 2.05) is 0 Å². The van der Waals surface area contributed by atoms with Crippen molar-refractivity contribution in [1.82, 2.24) is 5.32 Å². The van der Waals surface area contributed by atoms with Gasteiger partial charge in [0.1, 0.15) is 11.4 Å². The van der Waals surface area contributed by atoms with E-state index in [1.54, 1.807) is 73.7 Å². The molecule has 0 heterocycles. The molecule has 0 aliphatic rings. The van der Waals surface area contributed by atoms with Gasteiger partial charge >= 0.3 is 0 Å². The Kier molecular flexibility index (Phi) is 11.6. The van der Waals surface area contributed by atoms with E-state index in [1.165, 1.54) is 63.4 Å². The molecule has 47 heavy (non-hydrogen) atoms. The maximum Gasteiger partial charge on any atom is 0.272 e. The summed E-state index contributed by atoms with van der Waals surface area (Å²) in [7, 11) is 4.44. The molecule has 0 saturated carbocycles. The van der Waals surface area contributed by atoms with Gasteiger partial charge in [-0.05, 0) is 61.5 Å². The zero-order valence-electron chi connectivity index (χ0n) is 25.9. The van der Waals surface area contributed by atoms with E-state index in [4.69, 9.17) is 14.2 Å². The lowest BCUT2D eigenvalue weighted by Crippen LogP contribution is -2.30. The largest absolute Gasteiger partial charge is 0.496 e. The van der Waals surface area contributed by atoms with Crippen molar-refractivity contribution in [3.63, 3.8) is 0 Å². The van der Waals surface area contributed by atoms with Gasteiger partial charge in [-0.3, -0.25) is 24.5 Å². The van der Waals surface area contributed by atoms with Crippen LogP contribution in [0.25, 0.3) is 6.08 Å². The lowest BCUT2D eigenvalue weighted by molar-refractivity contribution is -0.384. The van der Waals surface area contributed by atoms with Gasteiger partial charge in [-0.15, -0.1) is 11.8 Å². The van der Waals surface area contributed by atoms with Crippen LogP contribution in [0.2, 0.25) is 0 Å². The Hall–Kier alpha value is -5.82. The number of hydrogen-bond acceptors (Lipinski definition) is 9. The number of nitro benzene ring substituents is 1. The molecule has 0 fully saturated rings. The molecule has 13 heteroatoms. The highest BCUT2D eigenvalue weighted by molar-refractivity contribution is 8.00. The molecule has 0 bridgehead atoms. The zero-order valence-corrected chi connectivity index (χ0v) is 26.8. The minimum Gasteiger partial charge on any atom is -0.496 e. The number of anilines is 2. The van der Waals surface area contributed by atoms with Crippen molar-refractivity contribution in [2.75, 3.05) is 32.0 Å². The summed E-state index contributed by atoms with van der Waals surface area (Å²) in [4.78, 5) is 50.7. The molecule has 0 aromatic heterocycles. The van der Waals surface area contributed by atoms with E-state index >= 15 is 0 Å². The maximum atomic E-state index is 13.7. The second-order valence-electron chi connectivity index (χ2n) is 9.86. The molecule has 0 spiro atoms. The van der Waals surface area contributed by atoms with Crippen molar-refractivity contribution in [2.24, 2.45) is 0 Å². The van der Waals surface area contributed by atoms with Gasteiger partial charge in [0.2, 0.25) is 5.91 Å². The van der Waals surface area contributed by atoms with Crippen LogP contribution in [0, 0.1) is 10.1 Å². The van der Waals surface area contributed by atoms with Crippen molar-refractivity contribution in [3.8, 4) is 17.2 Å². The molecule has 4 aromatic rings. The highest BCUT2D eigenvalue weighted by Crippen LogP contribution is 2.36. The smallest absolute Gasteiger partial charge is 0.272 e. The number of amides is 3. The molecule has 3 N–H and O–H groups in total. The van der Waals surface area contributed by atoms with Crippen molar-refractivity contribution >= 4 is 52.6 Å². The molecule has 0 radical (unpaired) electrons. The van der Waals surface area contributed by atoms with E-state index in [-0.39, 0.29) is 17.3 Å². The minimum absolute atomic E-state index is 0.0710.